The van der Waals surface area contributed by atoms with Gasteiger partial charge < -0.3 is 20.1 Å². The molecule has 4 aromatic carbocycles. The molecule has 3 aliphatic heterocycles. The average Bonchev–Trinajstić information content (AvgIpc) is 3.94. The van der Waals surface area contributed by atoms with Crippen LogP contribution in [-0.4, -0.2) is 91.6 Å². The van der Waals surface area contributed by atoms with Crippen LogP contribution in [-0.2, 0) is 40.6 Å². The molecule has 6 heterocycles. The standard InChI is InChI=1S/C54H52F3N9O7S/c1-30(10-11-31-20-23-65(24-21-31)29-47(68)58-33-12-14-38-43(26-33)64(2)63-48(38)39-17-19-46(67)61-51(39)70)73-34-13-15-35(41(27-34)54(55,56)57)36-16-18-45(60-49(36)52(71)72)66-25-22-32-6-5-7-37(40(32)28-66)50(69)62-53-59-42-8-3-4-9-44(42)74-53/h3-9,12-16,18,26-27,30-31,39H,10-11,17,19-25,28-29H2,1-2H3,(H,58,68)(H,71,72)(H,59,62,69)(H,61,67,70)/t30-,39+/m0/s1. The molecule has 16 nitrogen and oxygen atoms in total. The van der Waals surface area contributed by atoms with Crippen molar-refractivity contribution in [3.63, 3.8) is 0 Å². The number of aryl methyl sites for hydroxylation is 1. The topological polar surface area (TPSA) is 201 Å². The molecule has 10 rings (SSSR count). The quantitative estimate of drug-likeness (QED) is 0.0754. The molecule has 3 aromatic heterocycles. The van der Waals surface area contributed by atoms with Crippen molar-refractivity contribution in [1.82, 2.24) is 30.0 Å². The number of halogens is 3. The van der Waals surface area contributed by atoms with Crippen molar-refractivity contribution >= 4 is 78.7 Å². The summed E-state index contributed by atoms with van der Waals surface area (Å²) < 4.78 is 53.1. The van der Waals surface area contributed by atoms with Crippen LogP contribution in [0.4, 0.5) is 29.8 Å². The second-order valence-electron chi connectivity index (χ2n) is 19.1. The number of para-hydroxylation sites is 1. The minimum absolute atomic E-state index is 0.00288. The summed E-state index contributed by atoms with van der Waals surface area (Å²) in [6.07, 6.45) is -1.09. The van der Waals surface area contributed by atoms with Crippen LogP contribution in [0, 0.1) is 5.92 Å². The van der Waals surface area contributed by atoms with Gasteiger partial charge >= 0.3 is 12.1 Å². The number of pyridine rings is 1. The minimum atomic E-state index is -4.85. The molecule has 0 saturated carbocycles. The van der Waals surface area contributed by atoms with Crippen LogP contribution in [0.1, 0.15) is 94.6 Å². The third-order valence-corrected chi connectivity index (χ3v) is 15.1. The summed E-state index contributed by atoms with van der Waals surface area (Å²) >= 11 is 1.36. The molecule has 74 heavy (non-hydrogen) atoms. The van der Waals surface area contributed by atoms with E-state index in [2.05, 4.69) is 35.9 Å². The number of likely N-dealkylation sites (tertiary alicyclic amines) is 1. The van der Waals surface area contributed by atoms with Crippen LogP contribution in [0.2, 0.25) is 0 Å². The molecular weight excluding hydrogens is 976 g/mol. The lowest BCUT2D eigenvalue weighted by atomic mass is 9.91. The Morgan fingerprint density at radius 2 is 1.70 bits per heavy atom. The summed E-state index contributed by atoms with van der Waals surface area (Å²) in [6.45, 7) is 4.06. The van der Waals surface area contributed by atoms with Crippen molar-refractivity contribution in [2.45, 2.75) is 76.6 Å². The lowest BCUT2D eigenvalue weighted by Crippen LogP contribution is -2.39. The molecule has 0 aliphatic carbocycles. The van der Waals surface area contributed by atoms with Crippen LogP contribution in [0.25, 0.3) is 32.2 Å². The number of piperidine rings is 2. The first-order chi connectivity index (χ1) is 35.5. The number of anilines is 3. The van der Waals surface area contributed by atoms with Crippen molar-refractivity contribution < 1.29 is 47.0 Å². The van der Waals surface area contributed by atoms with Gasteiger partial charge in [0.25, 0.3) is 5.91 Å². The van der Waals surface area contributed by atoms with E-state index in [-0.39, 0.29) is 65.8 Å². The van der Waals surface area contributed by atoms with Crippen LogP contribution in [0.3, 0.4) is 0 Å². The molecule has 2 saturated heterocycles. The first-order valence-corrected chi connectivity index (χ1v) is 25.3. The summed E-state index contributed by atoms with van der Waals surface area (Å²) in [5, 5.41) is 24.4. The molecule has 0 spiro atoms. The maximum absolute atomic E-state index is 14.8. The number of carbonyl (C=O) groups is 5. The van der Waals surface area contributed by atoms with Gasteiger partial charge in [-0.2, -0.15) is 18.3 Å². The van der Waals surface area contributed by atoms with E-state index in [0.29, 0.717) is 66.9 Å². The Kier molecular flexibility index (Phi) is 13.9. The number of hydrogen-bond acceptors (Lipinski definition) is 12. The number of aromatic carboxylic acids is 1. The maximum Gasteiger partial charge on any atom is 0.417 e. The van der Waals surface area contributed by atoms with Gasteiger partial charge in [0, 0.05) is 48.8 Å². The van der Waals surface area contributed by atoms with Crippen LogP contribution in [0.5, 0.6) is 5.75 Å². The van der Waals surface area contributed by atoms with Gasteiger partial charge in [-0.15, -0.1) is 0 Å². The first kappa shape index (κ1) is 49.9. The van der Waals surface area contributed by atoms with E-state index in [4.69, 9.17) is 4.74 Å². The molecule has 3 aliphatic rings. The number of carbonyl (C=O) groups excluding carboxylic acids is 4. The fourth-order valence-corrected chi connectivity index (χ4v) is 11.2. The van der Waals surface area contributed by atoms with E-state index >= 15 is 0 Å². The minimum Gasteiger partial charge on any atom is -0.491 e. The summed E-state index contributed by atoms with van der Waals surface area (Å²) in [5.41, 5.74) is 2.68. The highest BCUT2D eigenvalue weighted by molar-refractivity contribution is 7.22. The van der Waals surface area contributed by atoms with Crippen molar-refractivity contribution in [2.24, 2.45) is 13.0 Å². The number of nitrogens with zero attached hydrogens (tertiary/aromatic N) is 6. The molecule has 382 valence electrons. The predicted octanol–water partition coefficient (Wildman–Crippen LogP) is 9.20. The number of fused-ring (bicyclic) bond motifs is 3. The fraction of sp³-hybridized carbons (Fsp3) is 0.333. The summed E-state index contributed by atoms with van der Waals surface area (Å²) in [6, 6.07) is 24.8. The van der Waals surface area contributed by atoms with Gasteiger partial charge in [-0.05, 0) is 142 Å². The zero-order chi connectivity index (χ0) is 51.8. The monoisotopic (exact) mass is 1030 g/mol. The SMILES string of the molecule is C[C@@H](CCC1CCN(CC(=O)Nc2ccc3c([C@H]4CCC(=O)NC4=O)nn(C)c3c2)CC1)Oc1ccc(-c2ccc(N3CCc4cccc(C(=O)Nc5nc6ccccc6s5)c4C3)nc2C(=O)O)c(C(F)(F)F)c1. The van der Waals surface area contributed by atoms with E-state index in [9.17, 15) is 42.3 Å². The van der Waals surface area contributed by atoms with Crippen LogP contribution >= 0.6 is 11.3 Å². The molecule has 0 radical (unpaired) electrons. The number of ether oxygens (including phenoxy) is 1. The van der Waals surface area contributed by atoms with E-state index in [1.807, 2.05) is 53.4 Å². The maximum atomic E-state index is 14.8. The number of imide groups is 1. The second-order valence-corrected chi connectivity index (χ2v) is 20.2. The number of benzene rings is 4. The zero-order valence-electron chi connectivity index (χ0n) is 40.5. The zero-order valence-corrected chi connectivity index (χ0v) is 41.3. The summed E-state index contributed by atoms with van der Waals surface area (Å²) in [5.74, 6) is -2.61. The largest absolute Gasteiger partial charge is 0.491 e. The number of amides is 4. The number of thiazole rings is 1. The molecule has 4 amide bonds. The van der Waals surface area contributed by atoms with Crippen molar-refractivity contribution in [3.05, 3.63) is 125 Å². The number of carboxylic acids is 1. The van der Waals surface area contributed by atoms with E-state index < -0.39 is 35.4 Å². The molecule has 0 unspecified atom stereocenters. The Labute approximate surface area is 426 Å². The summed E-state index contributed by atoms with van der Waals surface area (Å²) in [7, 11) is 1.77. The van der Waals surface area contributed by atoms with Crippen molar-refractivity contribution in [1.29, 1.82) is 0 Å². The van der Waals surface area contributed by atoms with Gasteiger partial charge in [0.05, 0.1) is 45.6 Å². The highest BCUT2D eigenvalue weighted by Gasteiger charge is 2.37. The molecule has 20 heteroatoms. The highest BCUT2D eigenvalue weighted by Crippen LogP contribution is 2.42. The Hall–Kier alpha value is -7.71. The predicted molar refractivity (Wildman–Crippen MR) is 273 cm³/mol. The Bertz CT molecular complexity index is 3320. The van der Waals surface area contributed by atoms with E-state index in [0.717, 1.165) is 57.6 Å². The normalized spacial score (nSPS) is 17.0. The third kappa shape index (κ3) is 10.7. The molecule has 4 N–H and O–H groups in total. The van der Waals surface area contributed by atoms with Gasteiger partial charge in [0.15, 0.2) is 10.8 Å². The number of nitrogens with one attached hydrogen (secondary N) is 3. The van der Waals surface area contributed by atoms with Gasteiger partial charge in [-0.1, -0.05) is 41.7 Å². The highest BCUT2D eigenvalue weighted by atomic mass is 32.1. The molecule has 7 aromatic rings. The van der Waals surface area contributed by atoms with Crippen molar-refractivity contribution in [3.8, 4) is 16.9 Å². The molecular formula is C54H52F3N9O7S. The number of hydrogen-bond donors (Lipinski definition) is 4. The fourth-order valence-electron chi connectivity index (χ4n) is 10.3. The van der Waals surface area contributed by atoms with Crippen LogP contribution < -0.4 is 25.6 Å². The van der Waals surface area contributed by atoms with E-state index in [1.165, 1.54) is 35.6 Å². The Balaban J connectivity index is 0.736. The first-order valence-electron chi connectivity index (χ1n) is 24.5. The molecule has 2 fully saturated rings. The number of rotatable bonds is 14. The summed E-state index contributed by atoms with van der Waals surface area (Å²) in [4.78, 5) is 76.5. The van der Waals surface area contributed by atoms with Gasteiger partial charge in [0.2, 0.25) is 17.7 Å². The third-order valence-electron chi connectivity index (χ3n) is 14.2. The second kappa shape index (κ2) is 20.7. The lowest BCUT2D eigenvalue weighted by Gasteiger charge is -2.32. The van der Waals surface area contributed by atoms with Crippen LogP contribution in [0.15, 0.2) is 91.0 Å². The smallest absolute Gasteiger partial charge is 0.417 e. The Morgan fingerprint density at radius 3 is 2.47 bits per heavy atom. The molecule has 2 atom stereocenters. The average molecular weight is 1030 g/mol. The number of alkyl halides is 3. The Morgan fingerprint density at radius 1 is 0.905 bits per heavy atom. The number of aromatic nitrogens is 4. The van der Waals surface area contributed by atoms with Crippen molar-refractivity contribution in [2.75, 3.05) is 41.7 Å². The lowest BCUT2D eigenvalue weighted by molar-refractivity contribution is -0.137. The van der Waals surface area contributed by atoms with Gasteiger partial charge in [-0.25, -0.2) is 14.8 Å². The molecule has 0 bridgehead atoms. The van der Waals surface area contributed by atoms with E-state index in [1.54, 1.807) is 30.8 Å². The van der Waals surface area contributed by atoms with Gasteiger partial charge in [-0.3, -0.25) is 39.4 Å². The number of carboxylic acid groups (broad SMARTS) is 1. The van der Waals surface area contributed by atoms with Gasteiger partial charge in [0.1, 0.15) is 11.6 Å².